The molecule has 0 aliphatic rings. The van der Waals surface area contributed by atoms with Gasteiger partial charge in [-0.05, 0) is 6.92 Å². The Kier molecular flexibility index (Phi) is 3.78. The van der Waals surface area contributed by atoms with E-state index in [2.05, 4.69) is 11.4 Å². The maximum atomic E-state index is 10.9. The molecular formula is C7H13NO3. The minimum absolute atomic E-state index is 0.0544. The van der Waals surface area contributed by atoms with Crippen molar-refractivity contribution in [3.05, 3.63) is 12.2 Å². The summed E-state index contributed by atoms with van der Waals surface area (Å²) in [5.41, 5.74) is 0.0544. The van der Waals surface area contributed by atoms with Gasteiger partial charge in [-0.2, -0.15) is 0 Å². The zero-order valence-electron chi connectivity index (χ0n) is 7.00. The molecule has 64 valence electrons. The molecule has 0 heterocycles. The van der Waals surface area contributed by atoms with Crippen molar-refractivity contribution in [1.29, 1.82) is 0 Å². The van der Waals surface area contributed by atoms with Gasteiger partial charge in [0.15, 0.2) is 0 Å². The third kappa shape index (κ3) is 3.75. The number of hydrogen-bond donors (Lipinski definition) is 1. The lowest BCUT2D eigenvalue weighted by Crippen LogP contribution is -2.23. The normalized spacial score (nSPS) is 12.8. The number of aliphatic hydroxyl groups is 1. The Balaban J connectivity index is 3.94. The fraction of sp³-hybridized carbons (Fsp3) is 0.571. The molecule has 0 aromatic heterocycles. The lowest BCUT2D eigenvalue weighted by atomic mass is 10.2. The fourth-order valence-corrected chi connectivity index (χ4v) is 0.395. The van der Waals surface area contributed by atoms with Crippen molar-refractivity contribution in [1.82, 2.24) is 5.06 Å². The summed E-state index contributed by atoms with van der Waals surface area (Å²) >= 11 is 0. The average molecular weight is 159 g/mol. The zero-order chi connectivity index (χ0) is 9.02. The summed E-state index contributed by atoms with van der Waals surface area (Å²) in [6, 6.07) is 0. The molecule has 0 radical (unpaired) electrons. The van der Waals surface area contributed by atoms with E-state index in [1.165, 1.54) is 12.0 Å². The Hall–Kier alpha value is -0.870. The summed E-state index contributed by atoms with van der Waals surface area (Å²) < 4.78 is 0. The van der Waals surface area contributed by atoms with Crippen LogP contribution < -0.4 is 0 Å². The van der Waals surface area contributed by atoms with E-state index in [1.807, 2.05) is 0 Å². The van der Waals surface area contributed by atoms with Crippen LogP contribution in [0.25, 0.3) is 0 Å². The van der Waals surface area contributed by atoms with E-state index in [-0.39, 0.29) is 5.57 Å². The Bertz CT molecular complexity index is 163. The molecule has 4 nitrogen and oxygen atoms in total. The molecule has 1 unspecified atom stereocenters. The summed E-state index contributed by atoms with van der Waals surface area (Å²) in [7, 11) is 3.15. The van der Waals surface area contributed by atoms with E-state index >= 15 is 0 Å². The van der Waals surface area contributed by atoms with Crippen molar-refractivity contribution in [3.8, 4) is 0 Å². The maximum Gasteiger partial charge on any atom is 0.354 e. The van der Waals surface area contributed by atoms with E-state index in [9.17, 15) is 4.79 Å². The summed E-state index contributed by atoms with van der Waals surface area (Å²) in [5, 5.41) is 10.1. The SMILES string of the molecule is C=C(C(=O)ON(C)C)C(C)O. The zero-order valence-corrected chi connectivity index (χ0v) is 7.00. The molecule has 1 atom stereocenters. The van der Waals surface area contributed by atoms with Crippen LogP contribution in [0.15, 0.2) is 12.2 Å². The van der Waals surface area contributed by atoms with Gasteiger partial charge in [0.2, 0.25) is 0 Å². The second-order valence-electron chi connectivity index (χ2n) is 2.39. The predicted molar refractivity (Wildman–Crippen MR) is 40.6 cm³/mol. The molecule has 0 bridgehead atoms. The lowest BCUT2D eigenvalue weighted by molar-refractivity contribution is -0.174. The number of nitrogens with zero attached hydrogens (tertiary/aromatic N) is 1. The van der Waals surface area contributed by atoms with E-state index in [0.717, 1.165) is 0 Å². The van der Waals surface area contributed by atoms with Gasteiger partial charge in [-0.1, -0.05) is 6.58 Å². The van der Waals surface area contributed by atoms with Gasteiger partial charge in [-0.3, -0.25) is 0 Å². The van der Waals surface area contributed by atoms with Crippen molar-refractivity contribution < 1.29 is 14.7 Å². The molecule has 1 N–H and O–H groups in total. The third-order valence-corrected chi connectivity index (χ3v) is 1.03. The van der Waals surface area contributed by atoms with E-state index in [0.29, 0.717) is 0 Å². The van der Waals surface area contributed by atoms with Gasteiger partial charge >= 0.3 is 5.97 Å². The molecule has 0 saturated carbocycles. The maximum absolute atomic E-state index is 10.9. The van der Waals surface area contributed by atoms with Crippen LogP contribution in [0.4, 0.5) is 0 Å². The molecule has 0 rings (SSSR count). The predicted octanol–water partition coefficient (Wildman–Crippen LogP) is -0.0568. The molecule has 0 spiro atoms. The second-order valence-corrected chi connectivity index (χ2v) is 2.39. The molecule has 4 heteroatoms. The average Bonchev–Trinajstić information content (AvgIpc) is 1.84. The monoisotopic (exact) mass is 159 g/mol. The molecule has 0 aromatic carbocycles. The number of carbonyl (C=O) groups is 1. The Morgan fingerprint density at radius 1 is 1.64 bits per heavy atom. The highest BCUT2D eigenvalue weighted by Crippen LogP contribution is 2.01. The van der Waals surface area contributed by atoms with Gasteiger partial charge in [-0.15, -0.1) is 5.06 Å². The minimum Gasteiger partial charge on any atom is -0.388 e. The van der Waals surface area contributed by atoms with Crippen LogP contribution in [-0.2, 0) is 9.63 Å². The van der Waals surface area contributed by atoms with Crippen LogP contribution in [0, 0.1) is 0 Å². The van der Waals surface area contributed by atoms with Crippen LogP contribution in [0.2, 0.25) is 0 Å². The van der Waals surface area contributed by atoms with Crippen LogP contribution >= 0.6 is 0 Å². The highest BCUT2D eigenvalue weighted by molar-refractivity contribution is 5.88. The smallest absolute Gasteiger partial charge is 0.354 e. The summed E-state index contributed by atoms with van der Waals surface area (Å²) in [6.45, 7) is 4.81. The number of hydrogen-bond acceptors (Lipinski definition) is 4. The van der Waals surface area contributed by atoms with Gasteiger partial charge in [0.1, 0.15) is 0 Å². The van der Waals surface area contributed by atoms with Crippen LogP contribution in [0.3, 0.4) is 0 Å². The van der Waals surface area contributed by atoms with Gasteiger partial charge in [-0.25, -0.2) is 4.79 Å². The van der Waals surface area contributed by atoms with Crippen LogP contribution in [0.5, 0.6) is 0 Å². The topological polar surface area (TPSA) is 49.8 Å². The second kappa shape index (κ2) is 4.10. The first-order chi connectivity index (χ1) is 4.95. The molecule has 0 amide bonds. The number of rotatable bonds is 3. The first kappa shape index (κ1) is 10.1. The highest BCUT2D eigenvalue weighted by Gasteiger charge is 2.14. The van der Waals surface area contributed by atoms with Crippen molar-refractivity contribution in [2.75, 3.05) is 14.1 Å². The van der Waals surface area contributed by atoms with E-state index < -0.39 is 12.1 Å². The minimum atomic E-state index is -0.859. The van der Waals surface area contributed by atoms with Gasteiger partial charge in [0.05, 0.1) is 11.7 Å². The van der Waals surface area contributed by atoms with Crippen molar-refractivity contribution in [2.24, 2.45) is 0 Å². The Morgan fingerprint density at radius 2 is 2.09 bits per heavy atom. The van der Waals surface area contributed by atoms with Gasteiger partial charge in [0, 0.05) is 14.1 Å². The highest BCUT2D eigenvalue weighted by atomic mass is 16.7. The van der Waals surface area contributed by atoms with E-state index in [4.69, 9.17) is 5.11 Å². The third-order valence-electron chi connectivity index (χ3n) is 1.03. The van der Waals surface area contributed by atoms with Crippen LogP contribution in [-0.4, -0.2) is 36.3 Å². The number of carbonyl (C=O) groups excluding carboxylic acids is 1. The van der Waals surface area contributed by atoms with Crippen molar-refractivity contribution >= 4 is 5.97 Å². The Morgan fingerprint density at radius 3 is 2.36 bits per heavy atom. The fourth-order valence-electron chi connectivity index (χ4n) is 0.395. The van der Waals surface area contributed by atoms with Crippen molar-refractivity contribution in [3.63, 3.8) is 0 Å². The number of aliphatic hydroxyl groups excluding tert-OH is 1. The van der Waals surface area contributed by atoms with Gasteiger partial charge < -0.3 is 9.94 Å². The molecular weight excluding hydrogens is 146 g/mol. The van der Waals surface area contributed by atoms with E-state index in [1.54, 1.807) is 14.1 Å². The summed E-state index contributed by atoms with van der Waals surface area (Å²) in [6.07, 6.45) is -0.859. The van der Waals surface area contributed by atoms with Gasteiger partial charge in [0.25, 0.3) is 0 Å². The lowest BCUT2D eigenvalue weighted by Gasteiger charge is -2.12. The standard InChI is InChI=1S/C7H13NO3/c1-5(6(2)9)7(10)11-8(3)4/h6,9H,1H2,2-4H3. The molecule has 0 aliphatic carbocycles. The molecule has 0 fully saturated rings. The molecule has 11 heavy (non-hydrogen) atoms. The van der Waals surface area contributed by atoms with Crippen molar-refractivity contribution in [2.45, 2.75) is 13.0 Å². The molecule has 0 saturated heterocycles. The largest absolute Gasteiger partial charge is 0.388 e. The molecule has 0 aliphatic heterocycles. The summed E-state index contributed by atoms with van der Waals surface area (Å²) in [4.78, 5) is 15.5. The molecule has 0 aromatic rings. The first-order valence-electron chi connectivity index (χ1n) is 3.21. The Labute approximate surface area is 66.0 Å². The van der Waals surface area contributed by atoms with Crippen LogP contribution in [0.1, 0.15) is 6.92 Å². The first-order valence-corrected chi connectivity index (χ1v) is 3.21. The quantitative estimate of drug-likeness (QED) is 0.463. The summed E-state index contributed by atoms with van der Waals surface area (Å²) in [5.74, 6) is -0.606. The number of hydroxylamine groups is 2.